The SMILES string of the molecule is CN1C[C@@H](C(=O)NCCn2cccn2)[C@@H]2COc3ccccc3[C@@H]21. The molecule has 2 aliphatic heterocycles. The van der Waals surface area contributed by atoms with Crippen molar-refractivity contribution in [3.05, 3.63) is 48.3 Å². The maximum atomic E-state index is 12.7. The van der Waals surface area contributed by atoms with Crippen LogP contribution in [0, 0.1) is 11.8 Å². The van der Waals surface area contributed by atoms with Crippen molar-refractivity contribution < 1.29 is 9.53 Å². The molecular formula is C18H22N4O2. The Morgan fingerprint density at radius 1 is 1.38 bits per heavy atom. The van der Waals surface area contributed by atoms with Crippen molar-refractivity contribution in [1.82, 2.24) is 20.0 Å². The number of nitrogens with zero attached hydrogens (tertiary/aromatic N) is 3. The van der Waals surface area contributed by atoms with Crippen molar-refractivity contribution >= 4 is 5.91 Å². The Hall–Kier alpha value is -2.34. The molecule has 0 radical (unpaired) electrons. The first-order chi connectivity index (χ1) is 11.7. The Morgan fingerprint density at radius 2 is 2.25 bits per heavy atom. The van der Waals surface area contributed by atoms with Crippen LogP contribution in [0.2, 0.25) is 0 Å². The van der Waals surface area contributed by atoms with E-state index in [-0.39, 0.29) is 23.8 Å². The minimum absolute atomic E-state index is 0.0361. The van der Waals surface area contributed by atoms with E-state index in [1.807, 2.05) is 35.1 Å². The topological polar surface area (TPSA) is 59.4 Å². The van der Waals surface area contributed by atoms with Crippen molar-refractivity contribution in [2.24, 2.45) is 11.8 Å². The van der Waals surface area contributed by atoms with Gasteiger partial charge in [-0.2, -0.15) is 5.10 Å². The summed E-state index contributed by atoms with van der Waals surface area (Å²) in [5.74, 6) is 1.23. The number of amides is 1. The van der Waals surface area contributed by atoms with Crippen LogP contribution in [0.25, 0.3) is 0 Å². The van der Waals surface area contributed by atoms with E-state index in [0.717, 1.165) is 12.3 Å². The molecule has 1 saturated heterocycles. The van der Waals surface area contributed by atoms with E-state index in [4.69, 9.17) is 4.74 Å². The van der Waals surface area contributed by atoms with E-state index in [0.29, 0.717) is 19.7 Å². The van der Waals surface area contributed by atoms with Gasteiger partial charge in [0.25, 0.3) is 0 Å². The molecule has 1 aromatic heterocycles. The second-order valence-electron chi connectivity index (χ2n) is 6.56. The molecule has 6 nitrogen and oxygen atoms in total. The van der Waals surface area contributed by atoms with Gasteiger partial charge in [-0.15, -0.1) is 0 Å². The molecule has 0 aliphatic carbocycles. The highest BCUT2D eigenvalue weighted by Crippen LogP contribution is 2.46. The van der Waals surface area contributed by atoms with Gasteiger partial charge in [-0.25, -0.2) is 0 Å². The number of carbonyl (C=O) groups excluding carboxylic acids is 1. The Bertz CT molecular complexity index is 716. The maximum absolute atomic E-state index is 12.7. The number of aromatic nitrogens is 2. The van der Waals surface area contributed by atoms with Gasteiger partial charge in [0.1, 0.15) is 5.75 Å². The summed E-state index contributed by atoms with van der Waals surface area (Å²) in [6.45, 7) is 2.65. The number of hydrogen-bond acceptors (Lipinski definition) is 4. The smallest absolute Gasteiger partial charge is 0.224 e. The molecule has 6 heteroatoms. The number of benzene rings is 1. The van der Waals surface area contributed by atoms with Crippen LogP contribution in [-0.2, 0) is 11.3 Å². The van der Waals surface area contributed by atoms with Crippen LogP contribution in [0.3, 0.4) is 0 Å². The fourth-order valence-corrected chi connectivity index (χ4v) is 3.96. The largest absolute Gasteiger partial charge is 0.493 e. The van der Waals surface area contributed by atoms with Gasteiger partial charge in [-0.1, -0.05) is 18.2 Å². The first-order valence-corrected chi connectivity index (χ1v) is 8.41. The Labute approximate surface area is 141 Å². The molecule has 0 saturated carbocycles. The van der Waals surface area contributed by atoms with Gasteiger partial charge in [0, 0.05) is 43.0 Å². The zero-order chi connectivity index (χ0) is 16.5. The van der Waals surface area contributed by atoms with Crippen molar-refractivity contribution in [2.75, 3.05) is 26.7 Å². The number of para-hydroxylation sites is 1. The minimum atomic E-state index is -0.0361. The van der Waals surface area contributed by atoms with Crippen molar-refractivity contribution in [1.29, 1.82) is 0 Å². The number of likely N-dealkylation sites (tertiary alicyclic amines) is 1. The zero-order valence-corrected chi connectivity index (χ0v) is 13.8. The first-order valence-electron chi connectivity index (χ1n) is 8.41. The normalized spacial score (nSPS) is 25.6. The first kappa shape index (κ1) is 15.2. The van der Waals surface area contributed by atoms with E-state index < -0.39 is 0 Å². The molecule has 2 aromatic rings. The zero-order valence-electron chi connectivity index (χ0n) is 13.8. The molecular weight excluding hydrogens is 304 g/mol. The second-order valence-corrected chi connectivity index (χ2v) is 6.56. The van der Waals surface area contributed by atoms with Gasteiger partial charge < -0.3 is 10.1 Å². The quantitative estimate of drug-likeness (QED) is 0.920. The summed E-state index contributed by atoms with van der Waals surface area (Å²) in [7, 11) is 2.09. The molecule has 3 atom stereocenters. The molecule has 0 unspecified atom stereocenters. The molecule has 1 amide bonds. The summed E-state index contributed by atoms with van der Waals surface area (Å²) >= 11 is 0. The highest BCUT2D eigenvalue weighted by atomic mass is 16.5. The van der Waals surface area contributed by atoms with Gasteiger partial charge in [0.2, 0.25) is 5.91 Å². The van der Waals surface area contributed by atoms with Crippen LogP contribution in [0.1, 0.15) is 11.6 Å². The fraction of sp³-hybridized carbons (Fsp3) is 0.444. The number of rotatable bonds is 4. The van der Waals surface area contributed by atoms with Gasteiger partial charge in [0.05, 0.1) is 19.1 Å². The van der Waals surface area contributed by atoms with Crippen LogP contribution in [0.15, 0.2) is 42.7 Å². The minimum Gasteiger partial charge on any atom is -0.493 e. The Kier molecular flexibility index (Phi) is 3.98. The van der Waals surface area contributed by atoms with Gasteiger partial charge >= 0.3 is 0 Å². The molecule has 24 heavy (non-hydrogen) atoms. The maximum Gasteiger partial charge on any atom is 0.224 e. The summed E-state index contributed by atoms with van der Waals surface area (Å²) < 4.78 is 7.73. The highest BCUT2D eigenvalue weighted by molar-refractivity contribution is 5.80. The Morgan fingerprint density at radius 3 is 3.08 bits per heavy atom. The van der Waals surface area contributed by atoms with Gasteiger partial charge in [-0.3, -0.25) is 14.4 Å². The molecule has 1 aromatic carbocycles. The van der Waals surface area contributed by atoms with Crippen LogP contribution in [0.5, 0.6) is 5.75 Å². The monoisotopic (exact) mass is 326 g/mol. The lowest BCUT2D eigenvalue weighted by atomic mass is 9.85. The molecule has 1 fully saturated rings. The van der Waals surface area contributed by atoms with Crippen LogP contribution in [0.4, 0.5) is 0 Å². The lowest BCUT2D eigenvalue weighted by molar-refractivity contribution is -0.126. The standard InChI is InChI=1S/C18H22N4O2/c1-21-11-14(18(23)19-8-10-22-9-4-7-20-22)15-12-24-16-6-3-2-5-13(16)17(15)21/h2-7,9,14-15,17H,8,10-12H2,1H3,(H,19,23)/t14-,15+,17+/m1/s1. The fourth-order valence-electron chi connectivity index (χ4n) is 3.96. The third-order valence-corrected chi connectivity index (χ3v) is 5.09. The number of hydrogen-bond donors (Lipinski definition) is 1. The predicted molar refractivity (Wildman–Crippen MR) is 89.5 cm³/mol. The summed E-state index contributed by atoms with van der Waals surface area (Å²) in [5.41, 5.74) is 1.20. The summed E-state index contributed by atoms with van der Waals surface area (Å²) in [6.07, 6.45) is 3.65. The van der Waals surface area contributed by atoms with Crippen molar-refractivity contribution in [3.63, 3.8) is 0 Å². The molecule has 2 aliphatic rings. The molecule has 4 rings (SSSR count). The average molecular weight is 326 g/mol. The number of fused-ring (bicyclic) bond motifs is 3. The summed E-state index contributed by atoms with van der Waals surface area (Å²) in [4.78, 5) is 14.9. The predicted octanol–water partition coefficient (Wildman–Crippen LogP) is 1.31. The van der Waals surface area contributed by atoms with Crippen molar-refractivity contribution in [3.8, 4) is 5.75 Å². The number of nitrogens with one attached hydrogen (secondary N) is 1. The third kappa shape index (κ3) is 2.67. The third-order valence-electron chi connectivity index (χ3n) is 5.09. The van der Waals surface area contributed by atoms with Crippen LogP contribution in [-0.4, -0.2) is 47.3 Å². The number of carbonyl (C=O) groups is 1. The second kappa shape index (κ2) is 6.28. The molecule has 126 valence electrons. The molecule has 0 spiro atoms. The lowest BCUT2D eigenvalue weighted by Crippen LogP contribution is -2.39. The van der Waals surface area contributed by atoms with Crippen molar-refractivity contribution in [2.45, 2.75) is 12.6 Å². The molecule has 3 heterocycles. The summed E-state index contributed by atoms with van der Waals surface area (Å²) in [5, 5.41) is 7.21. The molecule has 1 N–H and O–H groups in total. The highest BCUT2D eigenvalue weighted by Gasteiger charge is 2.47. The van der Waals surface area contributed by atoms with E-state index >= 15 is 0 Å². The van der Waals surface area contributed by atoms with E-state index in [9.17, 15) is 4.79 Å². The average Bonchev–Trinajstić information content (AvgIpc) is 3.23. The van der Waals surface area contributed by atoms with Gasteiger partial charge in [0.15, 0.2) is 0 Å². The summed E-state index contributed by atoms with van der Waals surface area (Å²) in [6, 6.07) is 10.3. The Balaban J connectivity index is 1.43. The lowest BCUT2D eigenvalue weighted by Gasteiger charge is -2.32. The molecule has 0 bridgehead atoms. The van der Waals surface area contributed by atoms with Crippen LogP contribution < -0.4 is 10.1 Å². The van der Waals surface area contributed by atoms with E-state index in [1.54, 1.807) is 6.20 Å². The van der Waals surface area contributed by atoms with E-state index in [1.165, 1.54) is 5.56 Å². The van der Waals surface area contributed by atoms with Gasteiger partial charge in [-0.05, 0) is 19.2 Å². The van der Waals surface area contributed by atoms with E-state index in [2.05, 4.69) is 28.4 Å². The van der Waals surface area contributed by atoms with Crippen LogP contribution >= 0.6 is 0 Å². The number of ether oxygens (including phenoxy) is 1.